The van der Waals surface area contributed by atoms with Gasteiger partial charge in [-0.05, 0) is 37.3 Å². The SMILES string of the molecule is COc1c(C2CCC(C(F)(F)F)C2)ccc(F)c1F.NC(=O)c1nccc2[nH]ccc(=O)c12. The first-order valence-corrected chi connectivity index (χ1v) is 9.89. The minimum Gasteiger partial charge on any atom is -0.493 e. The van der Waals surface area contributed by atoms with Crippen molar-refractivity contribution in [2.24, 2.45) is 11.7 Å². The maximum Gasteiger partial charge on any atom is 0.391 e. The van der Waals surface area contributed by atoms with Crippen molar-refractivity contribution in [3.05, 3.63) is 69.8 Å². The molecule has 11 heteroatoms. The van der Waals surface area contributed by atoms with Crippen molar-refractivity contribution >= 4 is 16.8 Å². The molecule has 176 valence electrons. The standard InChI is InChI=1S/C13H13F5O.C9H7N3O2/c1-19-12-9(4-5-10(14)11(12)15)7-2-3-8(6-7)13(16,17)18;10-9(14)8-7-5(1-3-12-8)11-4-2-6(7)13/h4-5,7-8H,2-3,6H2,1H3;1-4H,(H2,10,14)(H,11,13). The topological polar surface area (TPSA) is 98.1 Å². The number of ether oxygens (including phenoxy) is 1. The molecular weight excluding hydrogens is 449 g/mol. The molecule has 3 aromatic rings. The van der Waals surface area contributed by atoms with E-state index >= 15 is 0 Å². The number of carbonyl (C=O) groups excluding carboxylic acids is 1. The van der Waals surface area contributed by atoms with E-state index in [1.165, 1.54) is 31.6 Å². The molecular formula is C22H20F5N3O3. The van der Waals surface area contributed by atoms with Gasteiger partial charge in [0, 0.05) is 24.0 Å². The van der Waals surface area contributed by atoms with Crippen molar-refractivity contribution in [3.8, 4) is 5.75 Å². The number of methoxy groups -OCH3 is 1. The van der Waals surface area contributed by atoms with Crippen LogP contribution >= 0.6 is 0 Å². The lowest BCUT2D eigenvalue weighted by atomic mass is 9.95. The fraction of sp³-hybridized carbons (Fsp3) is 0.318. The maximum atomic E-state index is 13.5. The minimum atomic E-state index is -4.24. The number of hydrogen-bond acceptors (Lipinski definition) is 4. The van der Waals surface area contributed by atoms with Crippen molar-refractivity contribution in [2.45, 2.75) is 31.4 Å². The Bertz CT molecular complexity index is 1220. The lowest BCUT2D eigenvalue weighted by Gasteiger charge is -2.17. The molecule has 0 spiro atoms. The first kappa shape index (κ1) is 24.1. The third-order valence-electron chi connectivity index (χ3n) is 5.52. The summed E-state index contributed by atoms with van der Waals surface area (Å²) in [4.78, 5) is 29.0. The Morgan fingerprint density at radius 2 is 1.91 bits per heavy atom. The normalized spacial score (nSPS) is 18.0. The van der Waals surface area contributed by atoms with E-state index in [2.05, 4.69) is 9.97 Å². The van der Waals surface area contributed by atoms with Gasteiger partial charge in [-0.2, -0.15) is 17.6 Å². The summed E-state index contributed by atoms with van der Waals surface area (Å²) in [6.45, 7) is 0. The summed E-state index contributed by atoms with van der Waals surface area (Å²) in [6.07, 6.45) is -1.10. The number of nitrogens with two attached hydrogens (primary N) is 1. The number of carbonyl (C=O) groups is 1. The highest BCUT2D eigenvalue weighted by Crippen LogP contribution is 2.48. The smallest absolute Gasteiger partial charge is 0.391 e. The van der Waals surface area contributed by atoms with Crippen LogP contribution in [-0.4, -0.2) is 29.2 Å². The van der Waals surface area contributed by atoms with Crippen LogP contribution in [0.1, 0.15) is 41.2 Å². The summed E-state index contributed by atoms with van der Waals surface area (Å²) in [5, 5.41) is 0.238. The number of aromatic nitrogens is 2. The number of hydrogen-bond donors (Lipinski definition) is 2. The van der Waals surface area contributed by atoms with Crippen LogP contribution in [0.4, 0.5) is 22.0 Å². The second-order valence-corrected chi connectivity index (χ2v) is 7.52. The minimum absolute atomic E-state index is 0.00403. The van der Waals surface area contributed by atoms with Gasteiger partial charge in [-0.1, -0.05) is 6.07 Å². The van der Waals surface area contributed by atoms with Gasteiger partial charge in [0.1, 0.15) is 5.69 Å². The Morgan fingerprint density at radius 3 is 2.52 bits per heavy atom. The zero-order valence-corrected chi connectivity index (χ0v) is 17.4. The van der Waals surface area contributed by atoms with Crippen LogP contribution in [0, 0.1) is 17.6 Å². The van der Waals surface area contributed by atoms with E-state index in [9.17, 15) is 31.5 Å². The molecule has 1 aliphatic carbocycles. The molecule has 4 rings (SSSR count). The van der Waals surface area contributed by atoms with Gasteiger partial charge >= 0.3 is 6.18 Å². The molecule has 1 saturated carbocycles. The molecule has 2 aromatic heterocycles. The summed E-state index contributed by atoms with van der Waals surface area (Å²) < 4.78 is 69.2. The van der Waals surface area contributed by atoms with Crippen molar-refractivity contribution in [1.82, 2.24) is 9.97 Å². The second-order valence-electron chi connectivity index (χ2n) is 7.52. The largest absolute Gasteiger partial charge is 0.493 e. The van der Waals surface area contributed by atoms with Crippen LogP contribution in [0.3, 0.4) is 0 Å². The van der Waals surface area contributed by atoms with Gasteiger partial charge in [-0.15, -0.1) is 0 Å². The first-order valence-electron chi connectivity index (χ1n) is 9.89. The van der Waals surface area contributed by atoms with E-state index in [1.54, 1.807) is 6.07 Å². The van der Waals surface area contributed by atoms with Gasteiger partial charge in [0.25, 0.3) is 5.91 Å². The van der Waals surface area contributed by atoms with Crippen LogP contribution in [-0.2, 0) is 0 Å². The molecule has 0 aliphatic heterocycles. The molecule has 0 radical (unpaired) electrons. The van der Waals surface area contributed by atoms with Crippen molar-refractivity contribution in [1.29, 1.82) is 0 Å². The van der Waals surface area contributed by atoms with E-state index in [-0.39, 0.29) is 35.1 Å². The van der Waals surface area contributed by atoms with Gasteiger partial charge in [0.15, 0.2) is 17.0 Å². The molecule has 1 aromatic carbocycles. The molecule has 0 bridgehead atoms. The molecule has 0 saturated heterocycles. The number of benzene rings is 1. The number of aromatic amines is 1. The van der Waals surface area contributed by atoms with Crippen LogP contribution in [0.15, 0.2) is 41.5 Å². The van der Waals surface area contributed by atoms with Crippen molar-refractivity contribution in [3.63, 3.8) is 0 Å². The highest BCUT2D eigenvalue weighted by molar-refractivity contribution is 6.03. The molecule has 1 fully saturated rings. The molecule has 2 heterocycles. The van der Waals surface area contributed by atoms with E-state index in [1.807, 2.05) is 0 Å². The van der Waals surface area contributed by atoms with Crippen LogP contribution in [0.2, 0.25) is 0 Å². The van der Waals surface area contributed by atoms with Gasteiger partial charge in [0.2, 0.25) is 5.82 Å². The van der Waals surface area contributed by atoms with Gasteiger partial charge in [-0.3, -0.25) is 14.6 Å². The summed E-state index contributed by atoms with van der Waals surface area (Å²) in [5.74, 6) is -5.02. The van der Waals surface area contributed by atoms with Crippen molar-refractivity contribution < 1.29 is 31.5 Å². The zero-order valence-electron chi connectivity index (χ0n) is 17.4. The molecule has 1 aliphatic rings. The Labute approximate surface area is 184 Å². The van der Waals surface area contributed by atoms with E-state index in [0.29, 0.717) is 17.5 Å². The molecule has 33 heavy (non-hydrogen) atoms. The number of halogens is 5. The summed E-state index contributed by atoms with van der Waals surface area (Å²) in [5.41, 5.74) is 5.71. The lowest BCUT2D eigenvalue weighted by Crippen LogP contribution is -2.19. The molecule has 2 atom stereocenters. The van der Waals surface area contributed by atoms with Gasteiger partial charge < -0.3 is 15.5 Å². The maximum absolute atomic E-state index is 13.5. The highest BCUT2D eigenvalue weighted by atomic mass is 19.4. The van der Waals surface area contributed by atoms with E-state index < -0.39 is 35.6 Å². The summed E-state index contributed by atoms with van der Waals surface area (Å²) in [6, 6.07) is 5.17. The highest BCUT2D eigenvalue weighted by Gasteiger charge is 2.45. The Kier molecular flexibility index (Phi) is 6.99. The molecule has 3 N–H and O–H groups in total. The predicted octanol–water partition coefficient (Wildman–Crippen LogP) is 4.44. The second kappa shape index (κ2) is 9.55. The van der Waals surface area contributed by atoms with Crippen LogP contribution < -0.4 is 15.9 Å². The fourth-order valence-corrected chi connectivity index (χ4v) is 3.95. The Morgan fingerprint density at radius 1 is 1.18 bits per heavy atom. The number of alkyl halides is 3. The Hall–Kier alpha value is -3.50. The predicted molar refractivity (Wildman–Crippen MR) is 110 cm³/mol. The first-order chi connectivity index (χ1) is 15.5. The average molecular weight is 469 g/mol. The number of H-pyrrole nitrogens is 1. The average Bonchev–Trinajstić information content (AvgIpc) is 3.26. The van der Waals surface area contributed by atoms with Gasteiger partial charge in [-0.25, -0.2) is 4.39 Å². The fourth-order valence-electron chi connectivity index (χ4n) is 3.95. The number of rotatable bonds is 3. The van der Waals surface area contributed by atoms with E-state index in [4.69, 9.17) is 10.5 Å². The summed E-state index contributed by atoms with van der Waals surface area (Å²) >= 11 is 0. The molecule has 1 amide bonds. The molecule has 2 unspecified atom stereocenters. The number of amides is 1. The number of pyridine rings is 2. The third-order valence-corrected chi connectivity index (χ3v) is 5.52. The van der Waals surface area contributed by atoms with Crippen molar-refractivity contribution in [2.75, 3.05) is 7.11 Å². The van der Waals surface area contributed by atoms with E-state index in [0.717, 1.165) is 6.07 Å². The number of nitrogens with one attached hydrogen (secondary N) is 1. The Balaban J connectivity index is 0.000000194. The van der Waals surface area contributed by atoms with Gasteiger partial charge in [0.05, 0.1) is 23.9 Å². The quantitative estimate of drug-likeness (QED) is 0.554. The molecule has 6 nitrogen and oxygen atoms in total. The lowest BCUT2D eigenvalue weighted by molar-refractivity contribution is -0.172. The third kappa shape index (κ3) is 5.12. The number of fused-ring (bicyclic) bond motifs is 1. The summed E-state index contributed by atoms with van der Waals surface area (Å²) in [7, 11) is 1.18. The van der Waals surface area contributed by atoms with Crippen LogP contribution in [0.5, 0.6) is 5.75 Å². The monoisotopic (exact) mass is 469 g/mol. The van der Waals surface area contributed by atoms with Crippen LogP contribution in [0.25, 0.3) is 10.9 Å². The number of nitrogens with zero attached hydrogens (tertiary/aromatic N) is 1. The zero-order chi connectivity index (χ0) is 24.3. The number of primary amides is 1.